The summed E-state index contributed by atoms with van der Waals surface area (Å²) in [5.41, 5.74) is -0.466. The van der Waals surface area contributed by atoms with Crippen molar-refractivity contribution in [3.8, 4) is 0 Å². The number of fused-ring (bicyclic) bond motifs is 1. The summed E-state index contributed by atoms with van der Waals surface area (Å²) in [7, 11) is 0. The Morgan fingerprint density at radius 2 is 1.76 bits per heavy atom. The van der Waals surface area contributed by atoms with Crippen molar-refractivity contribution in [3.05, 3.63) is 41.4 Å². The zero-order valence-electron chi connectivity index (χ0n) is 18.3. The van der Waals surface area contributed by atoms with E-state index in [-0.39, 0.29) is 29.8 Å². The van der Waals surface area contributed by atoms with E-state index in [1.807, 2.05) is 12.2 Å². The van der Waals surface area contributed by atoms with Crippen LogP contribution in [0.4, 0.5) is 5.69 Å². The Bertz CT molecular complexity index is 1020. The molecule has 2 saturated carbocycles. The number of hydrogen-bond acceptors (Lipinski definition) is 4. The number of nitrogens with zero attached hydrogens (tertiary/aromatic N) is 1. The number of amides is 3. The van der Waals surface area contributed by atoms with Crippen LogP contribution in [0.15, 0.2) is 36.4 Å². The molecule has 3 amide bonds. The molecule has 1 aromatic carbocycles. The van der Waals surface area contributed by atoms with Crippen LogP contribution in [0.1, 0.15) is 44.9 Å². The number of carbonyl (C=O) groups is 3. The fourth-order valence-corrected chi connectivity index (χ4v) is 6.36. The molecular formula is C25H28ClN3O4. The largest absolute Gasteiger partial charge is 0.359 e. The van der Waals surface area contributed by atoms with Crippen molar-refractivity contribution in [2.24, 2.45) is 11.8 Å². The molecule has 6 rings (SSSR count). The van der Waals surface area contributed by atoms with Crippen LogP contribution in [0.5, 0.6) is 0 Å². The van der Waals surface area contributed by atoms with Gasteiger partial charge in [-0.1, -0.05) is 43.0 Å². The third kappa shape index (κ3) is 3.39. The van der Waals surface area contributed by atoms with E-state index in [0.29, 0.717) is 10.7 Å². The minimum atomic E-state index is -1.08. The summed E-state index contributed by atoms with van der Waals surface area (Å²) < 4.78 is 6.36. The summed E-state index contributed by atoms with van der Waals surface area (Å²) in [6.07, 6.45) is 10.3. The van der Waals surface area contributed by atoms with Crippen LogP contribution in [0, 0.1) is 11.8 Å². The summed E-state index contributed by atoms with van der Waals surface area (Å²) >= 11 is 5.96. The maximum absolute atomic E-state index is 13.7. The second-order valence-electron chi connectivity index (χ2n) is 10.0. The first-order valence-corrected chi connectivity index (χ1v) is 12.4. The van der Waals surface area contributed by atoms with Crippen LogP contribution >= 0.6 is 11.6 Å². The molecule has 7 nitrogen and oxygen atoms in total. The third-order valence-corrected chi connectivity index (χ3v) is 8.12. The molecular weight excluding hydrogens is 442 g/mol. The van der Waals surface area contributed by atoms with Gasteiger partial charge < -0.3 is 20.3 Å². The minimum absolute atomic E-state index is 0.0515. The molecule has 174 valence electrons. The summed E-state index contributed by atoms with van der Waals surface area (Å²) in [6, 6.07) is 6.34. The number of anilines is 1. The molecule has 3 aliphatic heterocycles. The standard InChI is InChI=1S/C25H28ClN3O4/c26-14-6-8-16(9-7-14)27-22(30)19-18-12-13-25(33-18)20(19)24(32)29(17-10-11-17)21(25)23(31)28-15-4-2-1-3-5-15/h6-9,12-13,15,17-21H,1-5,10-11H2,(H,27,30)(H,28,31)/t18-,19-,20-,21-,25-/m1/s1. The van der Waals surface area contributed by atoms with Crippen LogP contribution in [-0.2, 0) is 19.1 Å². The Morgan fingerprint density at radius 1 is 1.03 bits per heavy atom. The van der Waals surface area contributed by atoms with Gasteiger partial charge in [-0.3, -0.25) is 14.4 Å². The zero-order chi connectivity index (χ0) is 22.7. The van der Waals surface area contributed by atoms with Gasteiger partial charge in [-0.2, -0.15) is 0 Å². The summed E-state index contributed by atoms with van der Waals surface area (Å²) in [5.74, 6) is -1.91. The number of rotatable bonds is 5. The molecule has 2 bridgehead atoms. The zero-order valence-corrected chi connectivity index (χ0v) is 19.1. The first kappa shape index (κ1) is 21.2. The highest BCUT2D eigenvalue weighted by Crippen LogP contribution is 2.57. The molecule has 1 aromatic rings. The molecule has 0 radical (unpaired) electrons. The number of carbonyl (C=O) groups excluding carboxylic acids is 3. The van der Waals surface area contributed by atoms with Crippen LogP contribution < -0.4 is 10.6 Å². The van der Waals surface area contributed by atoms with Crippen molar-refractivity contribution in [2.75, 3.05) is 5.32 Å². The topological polar surface area (TPSA) is 87.7 Å². The van der Waals surface area contributed by atoms with Gasteiger partial charge in [0.15, 0.2) is 0 Å². The normalized spacial score (nSPS) is 35.1. The van der Waals surface area contributed by atoms with E-state index in [2.05, 4.69) is 10.6 Å². The average Bonchev–Trinajstić information content (AvgIpc) is 3.40. The highest BCUT2D eigenvalue weighted by Gasteiger charge is 2.74. The maximum atomic E-state index is 13.7. The molecule has 2 N–H and O–H groups in total. The summed E-state index contributed by atoms with van der Waals surface area (Å²) in [4.78, 5) is 42.4. The first-order valence-electron chi connectivity index (χ1n) is 12.0. The predicted molar refractivity (Wildman–Crippen MR) is 122 cm³/mol. The predicted octanol–water partition coefficient (Wildman–Crippen LogP) is 3.04. The lowest BCUT2D eigenvalue weighted by Crippen LogP contribution is -2.57. The fourth-order valence-electron chi connectivity index (χ4n) is 6.24. The fraction of sp³-hybridized carbons (Fsp3) is 0.560. The van der Waals surface area contributed by atoms with Crippen LogP contribution in [0.3, 0.4) is 0 Å². The lowest BCUT2D eigenvalue weighted by molar-refractivity contribution is -0.142. The van der Waals surface area contributed by atoms with E-state index >= 15 is 0 Å². The van der Waals surface area contributed by atoms with Gasteiger partial charge >= 0.3 is 0 Å². The molecule has 3 heterocycles. The van der Waals surface area contributed by atoms with Crippen molar-refractivity contribution in [2.45, 2.75) is 74.8 Å². The highest BCUT2D eigenvalue weighted by atomic mass is 35.5. The van der Waals surface area contributed by atoms with E-state index in [9.17, 15) is 14.4 Å². The lowest BCUT2D eigenvalue weighted by atomic mass is 9.74. The smallest absolute Gasteiger partial charge is 0.246 e. The van der Waals surface area contributed by atoms with Crippen LogP contribution in [-0.4, -0.2) is 52.5 Å². The van der Waals surface area contributed by atoms with Crippen molar-refractivity contribution in [3.63, 3.8) is 0 Å². The quantitative estimate of drug-likeness (QED) is 0.649. The Labute approximate surface area is 197 Å². The van der Waals surface area contributed by atoms with E-state index in [4.69, 9.17) is 16.3 Å². The van der Waals surface area contributed by atoms with E-state index in [0.717, 1.165) is 38.5 Å². The summed E-state index contributed by atoms with van der Waals surface area (Å²) in [5, 5.41) is 6.71. The van der Waals surface area contributed by atoms with Crippen molar-refractivity contribution in [1.29, 1.82) is 0 Å². The van der Waals surface area contributed by atoms with Gasteiger partial charge in [0.2, 0.25) is 17.7 Å². The highest BCUT2D eigenvalue weighted by molar-refractivity contribution is 6.30. The van der Waals surface area contributed by atoms with Gasteiger partial charge in [0.1, 0.15) is 11.6 Å². The van der Waals surface area contributed by atoms with Gasteiger partial charge in [0.05, 0.1) is 17.9 Å². The van der Waals surface area contributed by atoms with Crippen molar-refractivity contribution < 1.29 is 19.1 Å². The van der Waals surface area contributed by atoms with Crippen LogP contribution in [0.2, 0.25) is 5.02 Å². The molecule has 2 saturated heterocycles. The minimum Gasteiger partial charge on any atom is -0.359 e. The maximum Gasteiger partial charge on any atom is 0.246 e. The Hall–Kier alpha value is -2.38. The van der Waals surface area contributed by atoms with Gasteiger partial charge in [-0.15, -0.1) is 0 Å². The van der Waals surface area contributed by atoms with Gasteiger partial charge in [0.25, 0.3) is 0 Å². The van der Waals surface area contributed by atoms with Gasteiger partial charge in [0, 0.05) is 22.8 Å². The number of benzene rings is 1. The SMILES string of the molecule is O=C(Nc1ccc(Cl)cc1)[C@@H]1[C@H]2C=C[C@@]3(O2)[C@H]1C(=O)N(C1CC1)[C@@H]3C(=O)NC1CCCCC1. The number of ether oxygens (including phenoxy) is 1. The molecule has 2 aliphatic carbocycles. The molecule has 1 spiro atoms. The molecule has 0 unspecified atom stereocenters. The molecule has 8 heteroatoms. The van der Waals surface area contributed by atoms with Crippen molar-refractivity contribution in [1.82, 2.24) is 10.2 Å². The first-order chi connectivity index (χ1) is 16.0. The summed E-state index contributed by atoms with van der Waals surface area (Å²) in [6.45, 7) is 0. The van der Waals surface area contributed by atoms with E-state index < -0.39 is 29.6 Å². The lowest BCUT2D eigenvalue weighted by Gasteiger charge is -2.34. The second-order valence-corrected chi connectivity index (χ2v) is 10.5. The number of likely N-dealkylation sites (tertiary alicyclic amines) is 1. The Morgan fingerprint density at radius 3 is 2.45 bits per heavy atom. The number of halogens is 1. The van der Waals surface area contributed by atoms with Crippen molar-refractivity contribution >= 4 is 35.0 Å². The third-order valence-electron chi connectivity index (χ3n) is 7.87. The second kappa shape index (κ2) is 7.84. The average molecular weight is 470 g/mol. The van der Waals surface area contributed by atoms with E-state index in [1.165, 1.54) is 6.42 Å². The monoisotopic (exact) mass is 469 g/mol. The molecule has 4 fully saturated rings. The number of hydrogen-bond donors (Lipinski definition) is 2. The number of nitrogens with one attached hydrogen (secondary N) is 2. The van der Waals surface area contributed by atoms with Gasteiger partial charge in [-0.05, 0) is 49.9 Å². The molecule has 5 atom stereocenters. The Balaban J connectivity index is 1.29. The molecule has 33 heavy (non-hydrogen) atoms. The van der Waals surface area contributed by atoms with Crippen LogP contribution in [0.25, 0.3) is 0 Å². The van der Waals surface area contributed by atoms with E-state index in [1.54, 1.807) is 29.2 Å². The Kier molecular flexibility index (Phi) is 5.03. The molecule has 5 aliphatic rings. The van der Waals surface area contributed by atoms with Gasteiger partial charge in [-0.25, -0.2) is 0 Å². The molecule has 0 aromatic heterocycles.